The van der Waals surface area contributed by atoms with Crippen molar-refractivity contribution in [1.82, 2.24) is 10.2 Å². The van der Waals surface area contributed by atoms with E-state index < -0.39 is 28.5 Å². The Morgan fingerprint density at radius 2 is 1.73 bits per heavy atom. The number of nitrogens with one attached hydrogen (secondary N) is 1. The maximum atomic E-state index is 13.4. The fourth-order valence-corrected chi connectivity index (χ4v) is 4.30. The van der Waals surface area contributed by atoms with Crippen molar-refractivity contribution in [2.75, 3.05) is 23.7 Å². The summed E-state index contributed by atoms with van der Waals surface area (Å²) in [6.45, 7) is 3.78. The highest BCUT2D eigenvalue weighted by molar-refractivity contribution is 7.92. The summed E-state index contributed by atoms with van der Waals surface area (Å²) in [6, 6.07) is 12.3. The van der Waals surface area contributed by atoms with Gasteiger partial charge in [-0.1, -0.05) is 54.7 Å². The minimum absolute atomic E-state index is 0.117. The number of rotatable bonds is 11. The van der Waals surface area contributed by atoms with Crippen LogP contribution in [0.1, 0.15) is 32.3 Å². The Hall–Kier alpha value is -2.29. The zero-order valence-corrected chi connectivity index (χ0v) is 21.3. The predicted molar refractivity (Wildman–Crippen MR) is 133 cm³/mol. The molecule has 0 saturated carbocycles. The smallest absolute Gasteiger partial charge is 0.244 e. The summed E-state index contributed by atoms with van der Waals surface area (Å²) >= 11 is 12.0. The first-order valence-corrected chi connectivity index (χ1v) is 13.2. The fraction of sp³-hybridized carbons (Fsp3) is 0.391. The van der Waals surface area contributed by atoms with E-state index in [1.165, 1.54) is 11.0 Å². The molecule has 0 aromatic heterocycles. The second kappa shape index (κ2) is 12.3. The summed E-state index contributed by atoms with van der Waals surface area (Å²) in [5.74, 6) is -0.826. The average molecular weight is 514 g/mol. The van der Waals surface area contributed by atoms with E-state index in [1.54, 1.807) is 49.4 Å². The molecule has 0 aliphatic rings. The van der Waals surface area contributed by atoms with E-state index >= 15 is 0 Å². The molecule has 0 aliphatic heterocycles. The number of carbonyl (C=O) groups is 2. The zero-order chi connectivity index (χ0) is 24.6. The molecule has 2 amide bonds. The quantitative estimate of drug-likeness (QED) is 0.458. The number of sulfonamides is 1. The van der Waals surface area contributed by atoms with Crippen LogP contribution in [-0.4, -0.2) is 50.5 Å². The van der Waals surface area contributed by atoms with Crippen LogP contribution in [-0.2, 0) is 26.2 Å². The minimum atomic E-state index is -3.80. The van der Waals surface area contributed by atoms with Crippen LogP contribution in [0.4, 0.5) is 5.69 Å². The number of hydrogen-bond acceptors (Lipinski definition) is 4. The Bertz CT molecular complexity index is 1060. The molecule has 2 aromatic carbocycles. The summed E-state index contributed by atoms with van der Waals surface area (Å²) in [5, 5.41) is 3.72. The summed E-state index contributed by atoms with van der Waals surface area (Å²) in [6.07, 6.45) is 2.76. The van der Waals surface area contributed by atoms with E-state index in [1.807, 2.05) is 6.92 Å². The molecule has 33 heavy (non-hydrogen) atoms. The lowest BCUT2D eigenvalue weighted by Gasteiger charge is -2.31. The Kier molecular flexibility index (Phi) is 10.0. The molecule has 0 radical (unpaired) electrons. The molecule has 0 saturated heterocycles. The number of nitrogens with zero attached hydrogens (tertiary/aromatic N) is 2. The van der Waals surface area contributed by atoms with Gasteiger partial charge >= 0.3 is 0 Å². The van der Waals surface area contributed by atoms with Crippen molar-refractivity contribution in [3.63, 3.8) is 0 Å². The van der Waals surface area contributed by atoms with Crippen LogP contribution in [0.5, 0.6) is 0 Å². The topological polar surface area (TPSA) is 86.8 Å². The van der Waals surface area contributed by atoms with E-state index in [9.17, 15) is 18.0 Å². The Morgan fingerprint density at radius 3 is 2.30 bits per heavy atom. The fourth-order valence-electron chi connectivity index (χ4n) is 3.15. The van der Waals surface area contributed by atoms with Gasteiger partial charge in [-0.2, -0.15) is 0 Å². The number of anilines is 1. The van der Waals surface area contributed by atoms with E-state index in [2.05, 4.69) is 5.32 Å². The molecular weight excluding hydrogens is 485 g/mol. The van der Waals surface area contributed by atoms with Crippen LogP contribution in [0.3, 0.4) is 0 Å². The van der Waals surface area contributed by atoms with Gasteiger partial charge < -0.3 is 10.2 Å². The first kappa shape index (κ1) is 27.0. The molecule has 2 aromatic rings. The van der Waals surface area contributed by atoms with Gasteiger partial charge in [0.05, 0.1) is 11.9 Å². The molecule has 0 unspecified atom stereocenters. The van der Waals surface area contributed by atoms with Crippen LogP contribution >= 0.6 is 23.2 Å². The standard InChI is InChI=1S/C23H29Cl2N3O4S/c1-4-5-13-26-23(30)17(2)27(15-18-9-11-19(24)12-10-18)22(29)16-28(33(3,31)32)21-8-6-7-20(25)14-21/h6-12,14,17H,4-5,13,15-16H2,1-3H3,(H,26,30)/t17-/m1/s1. The van der Waals surface area contributed by atoms with Gasteiger partial charge in [0, 0.05) is 23.1 Å². The molecule has 0 aliphatic carbocycles. The molecule has 0 heterocycles. The van der Waals surface area contributed by atoms with E-state index in [4.69, 9.17) is 23.2 Å². The van der Waals surface area contributed by atoms with Crippen LogP contribution in [0, 0.1) is 0 Å². The molecule has 2 rings (SSSR count). The third kappa shape index (κ3) is 8.21. The molecule has 0 spiro atoms. The number of amides is 2. The van der Waals surface area contributed by atoms with Crippen molar-refractivity contribution < 1.29 is 18.0 Å². The van der Waals surface area contributed by atoms with Gasteiger partial charge in [0.1, 0.15) is 12.6 Å². The normalized spacial score (nSPS) is 12.2. The van der Waals surface area contributed by atoms with Gasteiger partial charge in [-0.25, -0.2) is 8.42 Å². The Morgan fingerprint density at radius 1 is 1.06 bits per heavy atom. The molecule has 0 fully saturated rings. The number of halogens is 2. The average Bonchev–Trinajstić information content (AvgIpc) is 2.75. The molecule has 10 heteroatoms. The van der Waals surface area contributed by atoms with Crippen molar-refractivity contribution in [1.29, 1.82) is 0 Å². The van der Waals surface area contributed by atoms with Gasteiger partial charge in [-0.15, -0.1) is 0 Å². The SMILES string of the molecule is CCCCNC(=O)[C@@H](C)N(Cc1ccc(Cl)cc1)C(=O)CN(c1cccc(Cl)c1)S(C)(=O)=O. The highest BCUT2D eigenvalue weighted by atomic mass is 35.5. The highest BCUT2D eigenvalue weighted by Gasteiger charge is 2.30. The molecule has 0 bridgehead atoms. The van der Waals surface area contributed by atoms with Gasteiger partial charge in [0.15, 0.2) is 0 Å². The molecular formula is C23H29Cl2N3O4S. The number of carbonyl (C=O) groups excluding carboxylic acids is 2. The van der Waals surface area contributed by atoms with Crippen molar-refractivity contribution in [3.05, 3.63) is 64.1 Å². The van der Waals surface area contributed by atoms with Crippen LogP contribution in [0.2, 0.25) is 10.0 Å². The molecule has 1 N–H and O–H groups in total. The van der Waals surface area contributed by atoms with Gasteiger partial charge in [-0.3, -0.25) is 13.9 Å². The monoisotopic (exact) mass is 513 g/mol. The zero-order valence-electron chi connectivity index (χ0n) is 18.9. The third-order valence-corrected chi connectivity index (χ3v) is 6.67. The maximum absolute atomic E-state index is 13.4. The van der Waals surface area contributed by atoms with Gasteiger partial charge in [0.25, 0.3) is 0 Å². The highest BCUT2D eigenvalue weighted by Crippen LogP contribution is 2.22. The number of unbranched alkanes of at least 4 members (excludes halogenated alkanes) is 1. The second-order valence-electron chi connectivity index (χ2n) is 7.72. The van der Waals surface area contributed by atoms with Crippen molar-refractivity contribution in [3.8, 4) is 0 Å². The van der Waals surface area contributed by atoms with E-state index in [-0.39, 0.29) is 18.1 Å². The van der Waals surface area contributed by atoms with Crippen LogP contribution < -0.4 is 9.62 Å². The van der Waals surface area contributed by atoms with Crippen molar-refractivity contribution in [2.45, 2.75) is 39.3 Å². The first-order chi connectivity index (χ1) is 15.5. The minimum Gasteiger partial charge on any atom is -0.354 e. The predicted octanol–water partition coefficient (Wildman–Crippen LogP) is 4.09. The van der Waals surface area contributed by atoms with Gasteiger partial charge in [-0.05, 0) is 49.2 Å². The first-order valence-electron chi connectivity index (χ1n) is 10.6. The van der Waals surface area contributed by atoms with E-state index in [0.29, 0.717) is 16.6 Å². The largest absolute Gasteiger partial charge is 0.354 e. The Labute approximate surface area is 205 Å². The molecule has 1 atom stereocenters. The summed E-state index contributed by atoms with van der Waals surface area (Å²) in [5.41, 5.74) is 1.03. The molecule has 180 valence electrons. The maximum Gasteiger partial charge on any atom is 0.244 e. The second-order valence-corrected chi connectivity index (χ2v) is 10.5. The van der Waals surface area contributed by atoms with E-state index in [0.717, 1.165) is 29.0 Å². The van der Waals surface area contributed by atoms with Crippen LogP contribution in [0.15, 0.2) is 48.5 Å². The number of hydrogen-bond donors (Lipinski definition) is 1. The third-order valence-electron chi connectivity index (χ3n) is 5.04. The van der Waals surface area contributed by atoms with Crippen molar-refractivity contribution in [2.24, 2.45) is 0 Å². The van der Waals surface area contributed by atoms with Crippen molar-refractivity contribution >= 4 is 50.7 Å². The molecule has 7 nitrogen and oxygen atoms in total. The summed E-state index contributed by atoms with van der Waals surface area (Å²) in [7, 11) is -3.80. The number of benzene rings is 2. The lowest BCUT2D eigenvalue weighted by molar-refractivity contribution is -0.139. The van der Waals surface area contributed by atoms with Crippen LogP contribution in [0.25, 0.3) is 0 Å². The lowest BCUT2D eigenvalue weighted by atomic mass is 10.1. The van der Waals surface area contributed by atoms with Gasteiger partial charge in [0.2, 0.25) is 21.8 Å². The Balaban J connectivity index is 2.33. The lowest BCUT2D eigenvalue weighted by Crippen LogP contribution is -2.51. The summed E-state index contributed by atoms with van der Waals surface area (Å²) in [4.78, 5) is 27.5. The summed E-state index contributed by atoms with van der Waals surface area (Å²) < 4.78 is 26.0.